The van der Waals surface area contributed by atoms with Crippen LogP contribution in [0.25, 0.3) is 0 Å². The van der Waals surface area contributed by atoms with E-state index in [0.717, 1.165) is 17.5 Å². The molecule has 0 amide bonds. The molecule has 1 aliphatic carbocycles. The maximum atomic E-state index is 12.2. The number of aryl methyl sites for hydroxylation is 1. The van der Waals surface area contributed by atoms with E-state index in [4.69, 9.17) is 9.47 Å². The SMILES string of the molecule is C=CCC1(C(=O)OC)CCc2cc(C(=O)OC)ccc2C1. The number of allylic oxidation sites excluding steroid dienone is 1. The van der Waals surface area contributed by atoms with Gasteiger partial charge in [-0.25, -0.2) is 4.79 Å². The van der Waals surface area contributed by atoms with E-state index >= 15 is 0 Å². The summed E-state index contributed by atoms with van der Waals surface area (Å²) in [6, 6.07) is 5.50. The largest absolute Gasteiger partial charge is 0.469 e. The molecule has 0 saturated heterocycles. The van der Waals surface area contributed by atoms with Crippen LogP contribution in [0.5, 0.6) is 0 Å². The average molecular weight is 288 g/mol. The molecule has 0 radical (unpaired) electrons. The minimum absolute atomic E-state index is 0.190. The van der Waals surface area contributed by atoms with Gasteiger partial charge in [0.15, 0.2) is 0 Å². The Morgan fingerprint density at radius 3 is 2.67 bits per heavy atom. The smallest absolute Gasteiger partial charge is 0.337 e. The van der Waals surface area contributed by atoms with Crippen LogP contribution in [-0.2, 0) is 27.1 Å². The Morgan fingerprint density at radius 2 is 2.05 bits per heavy atom. The van der Waals surface area contributed by atoms with E-state index in [0.29, 0.717) is 24.8 Å². The fourth-order valence-electron chi connectivity index (χ4n) is 3.03. The fourth-order valence-corrected chi connectivity index (χ4v) is 3.03. The third-order valence-corrected chi connectivity index (χ3v) is 4.18. The Hall–Kier alpha value is -2.10. The lowest BCUT2D eigenvalue weighted by atomic mass is 9.69. The first kappa shape index (κ1) is 15.3. The molecule has 112 valence electrons. The van der Waals surface area contributed by atoms with Gasteiger partial charge in [0, 0.05) is 0 Å². The third kappa shape index (κ3) is 2.84. The lowest BCUT2D eigenvalue weighted by molar-refractivity contribution is -0.153. The summed E-state index contributed by atoms with van der Waals surface area (Å²) in [5.74, 6) is -0.529. The number of hydrogen-bond acceptors (Lipinski definition) is 4. The van der Waals surface area contributed by atoms with Crippen molar-refractivity contribution in [2.24, 2.45) is 5.41 Å². The van der Waals surface area contributed by atoms with Crippen LogP contribution < -0.4 is 0 Å². The maximum Gasteiger partial charge on any atom is 0.337 e. The van der Waals surface area contributed by atoms with Crippen molar-refractivity contribution >= 4 is 11.9 Å². The summed E-state index contributed by atoms with van der Waals surface area (Å²) in [5.41, 5.74) is 2.20. The topological polar surface area (TPSA) is 52.6 Å². The number of rotatable bonds is 4. The van der Waals surface area contributed by atoms with E-state index < -0.39 is 5.41 Å². The molecule has 0 N–H and O–H groups in total. The number of fused-ring (bicyclic) bond motifs is 1. The molecule has 0 bridgehead atoms. The first-order valence-corrected chi connectivity index (χ1v) is 6.96. The van der Waals surface area contributed by atoms with Gasteiger partial charge in [0.1, 0.15) is 0 Å². The van der Waals surface area contributed by atoms with Crippen molar-refractivity contribution in [1.29, 1.82) is 0 Å². The molecule has 1 aromatic rings. The lowest BCUT2D eigenvalue weighted by Crippen LogP contribution is -2.37. The summed E-state index contributed by atoms with van der Waals surface area (Å²) in [6.45, 7) is 3.75. The summed E-state index contributed by atoms with van der Waals surface area (Å²) in [5, 5.41) is 0. The van der Waals surface area contributed by atoms with Gasteiger partial charge in [-0.2, -0.15) is 0 Å². The van der Waals surface area contributed by atoms with Gasteiger partial charge >= 0.3 is 11.9 Å². The van der Waals surface area contributed by atoms with Crippen molar-refractivity contribution in [1.82, 2.24) is 0 Å². The van der Waals surface area contributed by atoms with Gasteiger partial charge in [-0.05, 0) is 48.9 Å². The summed E-state index contributed by atoms with van der Waals surface area (Å²) >= 11 is 0. The Bertz CT molecular complexity index is 576. The second-order valence-electron chi connectivity index (χ2n) is 5.42. The Kier molecular flexibility index (Phi) is 4.46. The van der Waals surface area contributed by atoms with Crippen LogP contribution in [0.3, 0.4) is 0 Å². The van der Waals surface area contributed by atoms with Gasteiger partial charge in [0.25, 0.3) is 0 Å². The van der Waals surface area contributed by atoms with Crippen LogP contribution in [-0.4, -0.2) is 26.2 Å². The Morgan fingerprint density at radius 1 is 1.29 bits per heavy atom. The van der Waals surface area contributed by atoms with Crippen molar-refractivity contribution in [3.8, 4) is 0 Å². The number of ether oxygens (including phenoxy) is 2. The van der Waals surface area contributed by atoms with E-state index in [2.05, 4.69) is 6.58 Å². The molecule has 4 nitrogen and oxygen atoms in total. The molecule has 2 rings (SSSR count). The number of benzene rings is 1. The highest BCUT2D eigenvalue weighted by atomic mass is 16.5. The molecule has 1 unspecified atom stereocenters. The van der Waals surface area contributed by atoms with E-state index in [-0.39, 0.29) is 11.9 Å². The highest BCUT2D eigenvalue weighted by molar-refractivity contribution is 5.89. The monoisotopic (exact) mass is 288 g/mol. The number of carbonyl (C=O) groups is 2. The number of carbonyl (C=O) groups excluding carboxylic acids is 2. The van der Waals surface area contributed by atoms with Gasteiger partial charge in [0.2, 0.25) is 0 Å². The second kappa shape index (κ2) is 6.12. The molecule has 21 heavy (non-hydrogen) atoms. The van der Waals surface area contributed by atoms with Crippen LogP contribution in [0.4, 0.5) is 0 Å². The number of methoxy groups -OCH3 is 2. The highest BCUT2D eigenvalue weighted by Gasteiger charge is 2.41. The van der Waals surface area contributed by atoms with Gasteiger partial charge in [-0.3, -0.25) is 4.79 Å². The van der Waals surface area contributed by atoms with Crippen molar-refractivity contribution in [2.45, 2.75) is 25.7 Å². The fraction of sp³-hybridized carbons (Fsp3) is 0.412. The molecule has 1 aliphatic rings. The minimum atomic E-state index is -0.531. The van der Waals surface area contributed by atoms with Crippen molar-refractivity contribution in [3.63, 3.8) is 0 Å². The predicted molar refractivity (Wildman–Crippen MR) is 79.1 cm³/mol. The van der Waals surface area contributed by atoms with Crippen molar-refractivity contribution in [3.05, 3.63) is 47.5 Å². The summed E-state index contributed by atoms with van der Waals surface area (Å²) in [4.78, 5) is 23.7. The van der Waals surface area contributed by atoms with Gasteiger partial charge < -0.3 is 9.47 Å². The molecule has 0 fully saturated rings. The molecular weight excluding hydrogens is 268 g/mol. The van der Waals surface area contributed by atoms with E-state index in [1.807, 2.05) is 12.1 Å². The van der Waals surface area contributed by atoms with Crippen molar-refractivity contribution in [2.75, 3.05) is 14.2 Å². The van der Waals surface area contributed by atoms with E-state index in [9.17, 15) is 9.59 Å². The molecule has 0 heterocycles. The zero-order valence-corrected chi connectivity index (χ0v) is 12.5. The highest BCUT2D eigenvalue weighted by Crippen LogP contribution is 2.40. The normalized spacial score (nSPS) is 20.3. The molecule has 0 spiro atoms. The molecule has 0 aromatic heterocycles. The van der Waals surface area contributed by atoms with Crippen LogP contribution >= 0.6 is 0 Å². The zero-order chi connectivity index (χ0) is 15.5. The van der Waals surface area contributed by atoms with Crippen LogP contribution in [0, 0.1) is 5.41 Å². The van der Waals surface area contributed by atoms with Crippen LogP contribution in [0.15, 0.2) is 30.9 Å². The van der Waals surface area contributed by atoms with Crippen molar-refractivity contribution < 1.29 is 19.1 Å². The zero-order valence-electron chi connectivity index (χ0n) is 12.5. The number of hydrogen-bond donors (Lipinski definition) is 0. The van der Waals surface area contributed by atoms with Gasteiger partial charge in [-0.1, -0.05) is 12.1 Å². The molecule has 0 aliphatic heterocycles. The maximum absolute atomic E-state index is 12.2. The molecule has 1 atom stereocenters. The third-order valence-electron chi connectivity index (χ3n) is 4.18. The summed E-state index contributed by atoms with van der Waals surface area (Å²) in [7, 11) is 2.79. The molecule has 4 heteroatoms. The van der Waals surface area contributed by atoms with Crippen LogP contribution in [0.1, 0.15) is 34.3 Å². The molecule has 1 aromatic carbocycles. The Balaban J connectivity index is 2.33. The summed E-state index contributed by atoms with van der Waals surface area (Å²) in [6.07, 6.45) is 4.41. The first-order valence-electron chi connectivity index (χ1n) is 6.96. The standard InChI is InChI=1S/C17H20O4/c1-4-8-17(16(19)21-3)9-7-12-10-13(15(18)20-2)5-6-14(12)11-17/h4-6,10H,1,7-9,11H2,2-3H3. The second-order valence-corrected chi connectivity index (χ2v) is 5.42. The average Bonchev–Trinajstić information content (AvgIpc) is 2.52. The Labute approximate surface area is 124 Å². The quantitative estimate of drug-likeness (QED) is 0.631. The molecule has 0 saturated carbocycles. The van der Waals surface area contributed by atoms with Gasteiger partial charge in [0.05, 0.1) is 25.2 Å². The van der Waals surface area contributed by atoms with Gasteiger partial charge in [-0.15, -0.1) is 6.58 Å². The lowest BCUT2D eigenvalue weighted by Gasteiger charge is -2.35. The first-order chi connectivity index (χ1) is 10.1. The van der Waals surface area contributed by atoms with E-state index in [1.54, 1.807) is 12.1 Å². The minimum Gasteiger partial charge on any atom is -0.469 e. The predicted octanol–water partition coefficient (Wildman–Crippen LogP) is 2.70. The van der Waals surface area contributed by atoms with E-state index in [1.165, 1.54) is 14.2 Å². The van der Waals surface area contributed by atoms with Crippen LogP contribution in [0.2, 0.25) is 0 Å². The number of esters is 2. The summed E-state index contributed by atoms with van der Waals surface area (Å²) < 4.78 is 9.72. The molecular formula is C17H20O4.